The minimum Gasteiger partial charge on any atom is -0.396 e. The van der Waals surface area contributed by atoms with Gasteiger partial charge in [0.15, 0.2) is 0 Å². The van der Waals surface area contributed by atoms with Crippen molar-refractivity contribution in [3.8, 4) is 0 Å². The number of carbonyl (C=O) groups is 1. The summed E-state index contributed by atoms with van der Waals surface area (Å²) in [5.41, 5.74) is 0.872. The van der Waals surface area contributed by atoms with Gasteiger partial charge in [0.2, 0.25) is 0 Å². The highest BCUT2D eigenvalue weighted by Gasteiger charge is 2.24. The number of aliphatic hydroxyl groups excluding tert-OH is 1. The summed E-state index contributed by atoms with van der Waals surface area (Å²) < 4.78 is 0. The second-order valence-electron chi connectivity index (χ2n) is 5.18. The predicted octanol–water partition coefficient (Wildman–Crippen LogP) is 1.75. The maximum absolute atomic E-state index is 12.3. The molecule has 0 aromatic heterocycles. The van der Waals surface area contributed by atoms with Crippen LogP contribution in [0.15, 0.2) is 18.2 Å². The molecule has 1 amide bonds. The topological polar surface area (TPSA) is 83.7 Å². The molecule has 2 rings (SSSR count). The van der Waals surface area contributed by atoms with Crippen LogP contribution in [0.25, 0.3) is 0 Å². The molecule has 1 aliphatic heterocycles. The Kier molecular flexibility index (Phi) is 4.34. The number of benzene rings is 1. The average molecular weight is 278 g/mol. The molecular weight excluding hydrogens is 260 g/mol. The molecule has 1 fully saturated rings. The maximum atomic E-state index is 12.3. The Bertz CT molecular complexity index is 522. The summed E-state index contributed by atoms with van der Waals surface area (Å²) in [6.45, 7) is 2.98. The van der Waals surface area contributed by atoms with Gasteiger partial charge in [-0.15, -0.1) is 0 Å². The number of amides is 1. The van der Waals surface area contributed by atoms with E-state index in [-0.39, 0.29) is 24.1 Å². The quantitative estimate of drug-likeness (QED) is 0.674. The van der Waals surface area contributed by atoms with Gasteiger partial charge in [0, 0.05) is 36.9 Å². The second kappa shape index (κ2) is 6.00. The molecule has 0 bridgehead atoms. The van der Waals surface area contributed by atoms with Gasteiger partial charge >= 0.3 is 0 Å². The molecule has 1 aromatic carbocycles. The van der Waals surface area contributed by atoms with Crippen LogP contribution in [0.2, 0.25) is 0 Å². The third-order valence-corrected chi connectivity index (χ3v) is 3.81. The summed E-state index contributed by atoms with van der Waals surface area (Å²) in [5.74, 6) is 0.0795. The van der Waals surface area contributed by atoms with Crippen LogP contribution in [-0.2, 0) is 0 Å². The number of aryl methyl sites for hydroxylation is 1. The molecule has 0 radical (unpaired) electrons. The van der Waals surface area contributed by atoms with Gasteiger partial charge < -0.3 is 10.0 Å². The standard InChI is InChI=1S/C14H18N2O4/c1-10-2-3-12(8-13(10)16(19)20)14(18)15-6-4-11(9-17)5-7-15/h2-3,8,11,17H,4-7,9H2,1H3. The predicted molar refractivity (Wildman–Crippen MR) is 73.5 cm³/mol. The molecule has 0 unspecified atom stereocenters. The van der Waals surface area contributed by atoms with E-state index < -0.39 is 4.92 Å². The molecule has 1 N–H and O–H groups in total. The van der Waals surface area contributed by atoms with E-state index in [1.54, 1.807) is 24.0 Å². The molecule has 1 aliphatic rings. The highest BCUT2D eigenvalue weighted by atomic mass is 16.6. The summed E-state index contributed by atoms with van der Waals surface area (Å²) >= 11 is 0. The van der Waals surface area contributed by atoms with Crippen molar-refractivity contribution in [2.24, 2.45) is 5.92 Å². The molecule has 6 heteroatoms. The number of nitro groups is 1. The molecule has 108 valence electrons. The van der Waals surface area contributed by atoms with Gasteiger partial charge in [-0.2, -0.15) is 0 Å². The number of hydrogen-bond acceptors (Lipinski definition) is 4. The molecule has 0 spiro atoms. The highest BCUT2D eigenvalue weighted by molar-refractivity contribution is 5.95. The number of piperidine rings is 1. The Morgan fingerprint density at radius 2 is 2.10 bits per heavy atom. The van der Waals surface area contributed by atoms with Crippen molar-refractivity contribution in [1.82, 2.24) is 4.90 Å². The van der Waals surface area contributed by atoms with E-state index in [0.717, 1.165) is 12.8 Å². The van der Waals surface area contributed by atoms with Gasteiger partial charge in [-0.05, 0) is 31.7 Å². The summed E-state index contributed by atoms with van der Waals surface area (Å²) in [4.78, 5) is 24.5. The van der Waals surface area contributed by atoms with Gasteiger partial charge in [0.05, 0.1) is 4.92 Å². The van der Waals surface area contributed by atoms with Crippen LogP contribution in [0.4, 0.5) is 5.69 Å². The Labute approximate surface area is 117 Å². The molecule has 1 heterocycles. The first-order chi connectivity index (χ1) is 9.52. The lowest BCUT2D eigenvalue weighted by Gasteiger charge is -2.31. The van der Waals surface area contributed by atoms with Gasteiger partial charge in [-0.1, -0.05) is 6.07 Å². The minimum absolute atomic E-state index is 0.0268. The first-order valence-electron chi connectivity index (χ1n) is 6.68. The minimum atomic E-state index is -0.468. The Morgan fingerprint density at radius 1 is 1.45 bits per heavy atom. The van der Waals surface area contributed by atoms with Crippen molar-refractivity contribution in [2.75, 3.05) is 19.7 Å². The van der Waals surface area contributed by atoms with E-state index in [0.29, 0.717) is 24.2 Å². The van der Waals surface area contributed by atoms with Crippen molar-refractivity contribution in [3.63, 3.8) is 0 Å². The zero-order valence-corrected chi connectivity index (χ0v) is 11.4. The zero-order valence-electron chi connectivity index (χ0n) is 11.4. The number of likely N-dealkylation sites (tertiary alicyclic amines) is 1. The SMILES string of the molecule is Cc1ccc(C(=O)N2CCC(CO)CC2)cc1[N+](=O)[O-]. The summed E-state index contributed by atoms with van der Waals surface area (Å²) in [5, 5.41) is 20.0. The van der Waals surface area contributed by atoms with Crippen LogP contribution in [0, 0.1) is 23.0 Å². The lowest BCUT2D eigenvalue weighted by molar-refractivity contribution is -0.385. The molecule has 20 heavy (non-hydrogen) atoms. The van der Waals surface area contributed by atoms with Crippen molar-refractivity contribution in [2.45, 2.75) is 19.8 Å². The van der Waals surface area contributed by atoms with E-state index in [1.807, 2.05) is 0 Å². The second-order valence-corrected chi connectivity index (χ2v) is 5.18. The molecule has 0 saturated carbocycles. The lowest BCUT2D eigenvalue weighted by Crippen LogP contribution is -2.39. The Hall–Kier alpha value is -1.95. The van der Waals surface area contributed by atoms with Gasteiger partial charge in [0.25, 0.3) is 11.6 Å². The number of aliphatic hydroxyl groups is 1. The Balaban J connectivity index is 2.14. The molecule has 1 aromatic rings. The summed E-state index contributed by atoms with van der Waals surface area (Å²) in [6, 6.07) is 4.57. The van der Waals surface area contributed by atoms with E-state index in [1.165, 1.54) is 6.07 Å². The lowest BCUT2D eigenvalue weighted by atomic mass is 9.97. The maximum Gasteiger partial charge on any atom is 0.273 e. The van der Waals surface area contributed by atoms with E-state index in [9.17, 15) is 14.9 Å². The van der Waals surface area contributed by atoms with E-state index >= 15 is 0 Å². The van der Waals surface area contributed by atoms with Crippen molar-refractivity contribution in [1.29, 1.82) is 0 Å². The van der Waals surface area contributed by atoms with Crippen LogP contribution in [0.5, 0.6) is 0 Å². The van der Waals surface area contributed by atoms with Crippen LogP contribution >= 0.6 is 0 Å². The average Bonchev–Trinajstić information content (AvgIpc) is 2.47. The van der Waals surface area contributed by atoms with Gasteiger partial charge in [-0.3, -0.25) is 14.9 Å². The number of nitro benzene ring substituents is 1. The third-order valence-electron chi connectivity index (χ3n) is 3.81. The number of nitrogens with zero attached hydrogens (tertiary/aromatic N) is 2. The fraction of sp³-hybridized carbons (Fsp3) is 0.500. The zero-order chi connectivity index (χ0) is 14.7. The molecule has 0 atom stereocenters. The Morgan fingerprint density at radius 3 is 2.65 bits per heavy atom. The third kappa shape index (κ3) is 2.96. The van der Waals surface area contributed by atoms with Gasteiger partial charge in [0.1, 0.15) is 0 Å². The molecule has 0 aliphatic carbocycles. The van der Waals surface area contributed by atoms with Crippen LogP contribution in [0.3, 0.4) is 0 Å². The smallest absolute Gasteiger partial charge is 0.273 e. The molecule has 1 saturated heterocycles. The number of hydrogen-bond donors (Lipinski definition) is 1. The fourth-order valence-corrected chi connectivity index (χ4v) is 2.44. The largest absolute Gasteiger partial charge is 0.396 e. The normalized spacial score (nSPS) is 16.2. The van der Waals surface area contributed by atoms with E-state index in [4.69, 9.17) is 5.11 Å². The fourth-order valence-electron chi connectivity index (χ4n) is 2.44. The van der Waals surface area contributed by atoms with Crippen LogP contribution in [-0.4, -0.2) is 40.5 Å². The van der Waals surface area contributed by atoms with Crippen molar-refractivity contribution in [3.05, 3.63) is 39.4 Å². The first kappa shape index (κ1) is 14.5. The van der Waals surface area contributed by atoms with Crippen LogP contribution < -0.4 is 0 Å². The van der Waals surface area contributed by atoms with Gasteiger partial charge in [-0.25, -0.2) is 0 Å². The first-order valence-corrected chi connectivity index (χ1v) is 6.68. The van der Waals surface area contributed by atoms with Crippen LogP contribution in [0.1, 0.15) is 28.8 Å². The molecular formula is C14H18N2O4. The summed E-state index contributed by atoms with van der Waals surface area (Å²) in [6.07, 6.45) is 1.55. The van der Waals surface area contributed by atoms with Crippen molar-refractivity contribution >= 4 is 11.6 Å². The monoisotopic (exact) mass is 278 g/mol. The van der Waals surface area contributed by atoms with E-state index in [2.05, 4.69) is 0 Å². The highest BCUT2D eigenvalue weighted by Crippen LogP contribution is 2.22. The number of carbonyl (C=O) groups excluding carboxylic acids is 1. The number of rotatable bonds is 3. The van der Waals surface area contributed by atoms with Crippen molar-refractivity contribution < 1.29 is 14.8 Å². The summed E-state index contributed by atoms with van der Waals surface area (Å²) in [7, 11) is 0. The molecule has 6 nitrogen and oxygen atoms in total.